The molecule has 4 heteroatoms. The second-order valence-corrected chi connectivity index (χ2v) is 6.10. The van der Waals surface area contributed by atoms with Crippen LogP contribution < -0.4 is 5.32 Å². The van der Waals surface area contributed by atoms with Crippen LogP contribution in [0.5, 0.6) is 0 Å². The summed E-state index contributed by atoms with van der Waals surface area (Å²) in [6.45, 7) is 1.72. The van der Waals surface area contributed by atoms with Gasteiger partial charge in [-0.15, -0.1) is 11.6 Å². The highest BCUT2D eigenvalue weighted by atomic mass is 35.5. The zero-order chi connectivity index (χ0) is 16.7. The molecule has 0 aromatic heterocycles. The summed E-state index contributed by atoms with van der Waals surface area (Å²) in [6.07, 6.45) is 0.958. The van der Waals surface area contributed by atoms with Gasteiger partial charge in [-0.25, -0.2) is 0 Å². The van der Waals surface area contributed by atoms with Gasteiger partial charge in [0.1, 0.15) is 5.60 Å². The van der Waals surface area contributed by atoms with Gasteiger partial charge in [0.15, 0.2) is 0 Å². The van der Waals surface area contributed by atoms with Crippen molar-refractivity contribution < 1.29 is 9.90 Å². The molecular weight excluding hydrogens is 310 g/mol. The largest absolute Gasteiger partial charge is 0.383 e. The second kappa shape index (κ2) is 8.14. The zero-order valence-corrected chi connectivity index (χ0v) is 14.0. The summed E-state index contributed by atoms with van der Waals surface area (Å²) in [6, 6.07) is 18.4. The first kappa shape index (κ1) is 17.5. The molecule has 0 aliphatic carbocycles. The van der Waals surface area contributed by atoms with Crippen molar-refractivity contribution in [1.29, 1.82) is 0 Å². The van der Waals surface area contributed by atoms with Gasteiger partial charge >= 0.3 is 0 Å². The molecule has 2 unspecified atom stereocenters. The van der Waals surface area contributed by atoms with E-state index in [0.29, 0.717) is 18.7 Å². The van der Waals surface area contributed by atoms with Crippen LogP contribution in [-0.2, 0) is 10.4 Å². The standard InChI is InChI=1S/C19H22ClNO2/c1-19(23,16-11-6-3-7-12-16)18(15-9-4-2-5-10-15)21-17(22)13-8-14-20/h2-7,9-12,18,23H,8,13-14H2,1H3,(H,21,22). The molecule has 0 aliphatic heterocycles. The van der Waals surface area contributed by atoms with Crippen molar-refractivity contribution in [1.82, 2.24) is 5.32 Å². The third kappa shape index (κ3) is 4.57. The van der Waals surface area contributed by atoms with Crippen LogP contribution >= 0.6 is 11.6 Å². The molecule has 0 bridgehead atoms. The van der Waals surface area contributed by atoms with Crippen LogP contribution in [0.4, 0.5) is 0 Å². The van der Waals surface area contributed by atoms with Gasteiger partial charge in [-0.2, -0.15) is 0 Å². The maximum absolute atomic E-state index is 12.2. The first-order valence-electron chi connectivity index (χ1n) is 7.74. The Balaban J connectivity index is 2.31. The number of aliphatic hydroxyl groups is 1. The van der Waals surface area contributed by atoms with E-state index in [9.17, 15) is 9.90 Å². The monoisotopic (exact) mass is 331 g/mol. The molecule has 0 radical (unpaired) electrons. The van der Waals surface area contributed by atoms with Crippen LogP contribution in [0.25, 0.3) is 0 Å². The van der Waals surface area contributed by atoms with Gasteiger partial charge < -0.3 is 10.4 Å². The van der Waals surface area contributed by atoms with E-state index in [1.54, 1.807) is 6.92 Å². The Labute approximate surface area is 142 Å². The molecule has 0 aliphatic rings. The summed E-state index contributed by atoms with van der Waals surface area (Å²) in [5.41, 5.74) is 0.395. The van der Waals surface area contributed by atoms with E-state index in [1.165, 1.54) is 0 Å². The van der Waals surface area contributed by atoms with Crippen LogP contribution in [0.2, 0.25) is 0 Å². The third-order valence-electron chi connectivity index (χ3n) is 3.90. The lowest BCUT2D eigenvalue weighted by Gasteiger charge is -2.34. The maximum atomic E-state index is 12.2. The highest BCUT2D eigenvalue weighted by Gasteiger charge is 2.35. The van der Waals surface area contributed by atoms with Crippen molar-refractivity contribution in [3.8, 4) is 0 Å². The fraction of sp³-hybridized carbons (Fsp3) is 0.316. The Morgan fingerprint density at radius 3 is 2.26 bits per heavy atom. The van der Waals surface area contributed by atoms with Crippen molar-refractivity contribution in [3.05, 3.63) is 71.8 Å². The number of halogens is 1. The van der Waals surface area contributed by atoms with Crippen LogP contribution in [0.15, 0.2) is 60.7 Å². The number of rotatable bonds is 7. The summed E-state index contributed by atoms with van der Waals surface area (Å²) in [7, 11) is 0. The number of carbonyl (C=O) groups is 1. The lowest BCUT2D eigenvalue weighted by molar-refractivity contribution is -0.124. The normalized spacial score (nSPS) is 14.7. The van der Waals surface area contributed by atoms with Crippen molar-refractivity contribution in [3.63, 3.8) is 0 Å². The van der Waals surface area contributed by atoms with E-state index in [-0.39, 0.29) is 5.91 Å². The van der Waals surface area contributed by atoms with Gasteiger partial charge in [0.25, 0.3) is 0 Å². The van der Waals surface area contributed by atoms with E-state index in [1.807, 2.05) is 60.7 Å². The molecular formula is C19H22ClNO2. The molecule has 122 valence electrons. The molecule has 2 rings (SSSR count). The quantitative estimate of drug-likeness (QED) is 0.759. The molecule has 0 heterocycles. The Hall–Kier alpha value is -1.84. The first-order chi connectivity index (χ1) is 11.1. The van der Waals surface area contributed by atoms with Gasteiger partial charge in [-0.1, -0.05) is 60.7 Å². The Kier molecular flexibility index (Phi) is 6.20. The number of hydrogen-bond donors (Lipinski definition) is 2. The van der Waals surface area contributed by atoms with Crippen molar-refractivity contribution in [2.45, 2.75) is 31.4 Å². The van der Waals surface area contributed by atoms with Gasteiger partial charge in [0.05, 0.1) is 6.04 Å². The molecule has 3 nitrogen and oxygen atoms in total. The van der Waals surface area contributed by atoms with E-state index in [2.05, 4.69) is 5.32 Å². The molecule has 1 amide bonds. The molecule has 0 fully saturated rings. The third-order valence-corrected chi connectivity index (χ3v) is 4.16. The molecule has 2 atom stereocenters. The molecule has 0 spiro atoms. The van der Waals surface area contributed by atoms with Crippen molar-refractivity contribution in [2.75, 3.05) is 5.88 Å². The van der Waals surface area contributed by atoms with Gasteiger partial charge in [-0.05, 0) is 24.5 Å². The van der Waals surface area contributed by atoms with E-state index < -0.39 is 11.6 Å². The van der Waals surface area contributed by atoms with Gasteiger partial charge in [-0.3, -0.25) is 4.79 Å². The maximum Gasteiger partial charge on any atom is 0.220 e. The Bertz CT molecular complexity index is 614. The summed E-state index contributed by atoms with van der Waals surface area (Å²) >= 11 is 5.66. The molecule has 2 aromatic carbocycles. The lowest BCUT2D eigenvalue weighted by Crippen LogP contribution is -2.42. The van der Waals surface area contributed by atoms with E-state index in [0.717, 1.165) is 11.1 Å². The number of benzene rings is 2. The molecule has 2 N–H and O–H groups in total. The molecule has 0 saturated carbocycles. The number of amides is 1. The average molecular weight is 332 g/mol. The van der Waals surface area contributed by atoms with Crippen molar-refractivity contribution >= 4 is 17.5 Å². The average Bonchev–Trinajstić information content (AvgIpc) is 2.59. The Morgan fingerprint density at radius 1 is 1.13 bits per heavy atom. The van der Waals surface area contributed by atoms with E-state index >= 15 is 0 Å². The SMILES string of the molecule is CC(O)(c1ccccc1)C(NC(=O)CCCCl)c1ccccc1. The first-order valence-corrected chi connectivity index (χ1v) is 8.27. The van der Waals surface area contributed by atoms with E-state index in [4.69, 9.17) is 11.6 Å². The minimum atomic E-state index is -1.22. The zero-order valence-electron chi connectivity index (χ0n) is 13.2. The van der Waals surface area contributed by atoms with Crippen LogP contribution in [0.3, 0.4) is 0 Å². The number of alkyl halides is 1. The Morgan fingerprint density at radius 2 is 1.70 bits per heavy atom. The fourth-order valence-electron chi connectivity index (χ4n) is 2.60. The van der Waals surface area contributed by atoms with Gasteiger partial charge in [0.2, 0.25) is 5.91 Å². The fourth-order valence-corrected chi connectivity index (χ4v) is 2.73. The predicted octanol–water partition coefficient (Wildman–Crippen LogP) is 3.77. The minimum absolute atomic E-state index is 0.115. The second-order valence-electron chi connectivity index (χ2n) is 5.72. The summed E-state index contributed by atoms with van der Waals surface area (Å²) in [5, 5.41) is 14.1. The summed E-state index contributed by atoms with van der Waals surface area (Å²) in [5.74, 6) is 0.328. The summed E-state index contributed by atoms with van der Waals surface area (Å²) in [4.78, 5) is 12.2. The van der Waals surface area contributed by atoms with Crippen LogP contribution in [-0.4, -0.2) is 16.9 Å². The molecule has 2 aromatic rings. The predicted molar refractivity (Wildman–Crippen MR) is 93.3 cm³/mol. The van der Waals surface area contributed by atoms with Crippen LogP contribution in [0.1, 0.15) is 36.9 Å². The number of hydrogen-bond acceptors (Lipinski definition) is 2. The summed E-state index contributed by atoms with van der Waals surface area (Å²) < 4.78 is 0. The molecule has 0 saturated heterocycles. The minimum Gasteiger partial charge on any atom is -0.383 e. The lowest BCUT2D eigenvalue weighted by atomic mass is 9.84. The number of nitrogens with one attached hydrogen (secondary N) is 1. The van der Waals surface area contributed by atoms with Crippen molar-refractivity contribution in [2.24, 2.45) is 0 Å². The highest BCUT2D eigenvalue weighted by molar-refractivity contribution is 6.17. The molecule has 23 heavy (non-hydrogen) atoms. The number of carbonyl (C=O) groups excluding carboxylic acids is 1. The smallest absolute Gasteiger partial charge is 0.220 e. The van der Waals surface area contributed by atoms with Crippen LogP contribution in [0, 0.1) is 0 Å². The topological polar surface area (TPSA) is 49.3 Å². The van der Waals surface area contributed by atoms with Gasteiger partial charge in [0, 0.05) is 12.3 Å². The highest BCUT2D eigenvalue weighted by Crippen LogP contribution is 2.34.